The van der Waals surface area contributed by atoms with Crippen molar-refractivity contribution in [3.63, 3.8) is 0 Å². The molecule has 1 amide bonds. The van der Waals surface area contributed by atoms with Crippen molar-refractivity contribution in [2.45, 2.75) is 44.8 Å². The molecule has 138 valence electrons. The first-order chi connectivity index (χ1) is 12.6. The van der Waals surface area contributed by atoms with Crippen LogP contribution in [0.1, 0.15) is 31.7 Å². The molecule has 5 heteroatoms. The maximum atomic E-state index is 13.2. The summed E-state index contributed by atoms with van der Waals surface area (Å²) >= 11 is 0. The summed E-state index contributed by atoms with van der Waals surface area (Å²) in [6, 6.07) is 7.86. The summed E-state index contributed by atoms with van der Waals surface area (Å²) in [5.41, 5.74) is 1.30. The van der Waals surface area contributed by atoms with Gasteiger partial charge in [0.15, 0.2) is 0 Å². The van der Waals surface area contributed by atoms with Crippen molar-refractivity contribution in [2.75, 3.05) is 18.1 Å². The van der Waals surface area contributed by atoms with Crippen molar-refractivity contribution < 1.29 is 19.1 Å². The molecule has 2 bridgehead atoms. The molecule has 0 aromatic heterocycles. The molecule has 2 saturated heterocycles. The molecule has 1 spiro atoms. The Kier molecular flexibility index (Phi) is 4.35. The highest BCUT2D eigenvalue weighted by atomic mass is 16.6. The first-order valence-corrected chi connectivity index (χ1v) is 9.47. The maximum Gasteiger partial charge on any atom is 0.312 e. The molecule has 4 atom stereocenters. The summed E-state index contributed by atoms with van der Waals surface area (Å²) in [6.07, 6.45) is 6.50. The van der Waals surface area contributed by atoms with E-state index in [0.717, 1.165) is 30.5 Å². The molecule has 3 aliphatic rings. The summed E-state index contributed by atoms with van der Waals surface area (Å²) in [5.74, 6) is -1.38. The van der Waals surface area contributed by atoms with Gasteiger partial charge in [-0.1, -0.05) is 49.6 Å². The standard InChI is InChI=1S/C21H25NO4/c1-3-4-5-12-25-20(24)17-16-10-11-21(26-16)13-22(19(23)18(17)21)15-8-6-14(2)7-9-15/h6-11,16-18H,3-5,12-13H2,1-2H3/t16-,17-,18+,21+/m0/s1. The number of ether oxygens (including phenoxy) is 2. The lowest BCUT2D eigenvalue weighted by Crippen LogP contribution is -2.40. The molecule has 1 aromatic rings. The highest BCUT2D eigenvalue weighted by Gasteiger charge is 2.67. The third-order valence-corrected chi connectivity index (χ3v) is 5.71. The van der Waals surface area contributed by atoms with Crippen molar-refractivity contribution in [3.05, 3.63) is 42.0 Å². The number of nitrogens with zero attached hydrogens (tertiary/aromatic N) is 1. The summed E-state index contributed by atoms with van der Waals surface area (Å²) in [4.78, 5) is 27.6. The topological polar surface area (TPSA) is 55.8 Å². The highest BCUT2D eigenvalue weighted by Crippen LogP contribution is 2.52. The molecule has 26 heavy (non-hydrogen) atoms. The van der Waals surface area contributed by atoms with Crippen LogP contribution in [0.15, 0.2) is 36.4 Å². The van der Waals surface area contributed by atoms with Crippen molar-refractivity contribution >= 4 is 17.6 Å². The van der Waals surface area contributed by atoms with Gasteiger partial charge in [0, 0.05) is 5.69 Å². The number of carbonyl (C=O) groups excluding carboxylic acids is 2. The lowest BCUT2D eigenvalue weighted by molar-refractivity contribution is -0.152. The lowest BCUT2D eigenvalue weighted by atomic mass is 9.77. The third-order valence-electron chi connectivity index (χ3n) is 5.71. The Morgan fingerprint density at radius 3 is 2.81 bits per heavy atom. The molecule has 0 unspecified atom stereocenters. The largest absolute Gasteiger partial charge is 0.465 e. The minimum Gasteiger partial charge on any atom is -0.465 e. The van der Waals surface area contributed by atoms with Gasteiger partial charge in [-0.3, -0.25) is 9.59 Å². The second-order valence-electron chi connectivity index (χ2n) is 7.53. The molecule has 0 radical (unpaired) electrons. The zero-order chi connectivity index (χ0) is 18.3. The van der Waals surface area contributed by atoms with E-state index in [4.69, 9.17) is 9.47 Å². The van der Waals surface area contributed by atoms with Crippen molar-refractivity contribution in [2.24, 2.45) is 11.8 Å². The molecule has 2 fully saturated rings. The van der Waals surface area contributed by atoms with Gasteiger partial charge in [0.05, 0.1) is 25.2 Å². The number of fused-ring (bicyclic) bond motifs is 1. The van der Waals surface area contributed by atoms with Crippen LogP contribution in [0.5, 0.6) is 0 Å². The van der Waals surface area contributed by atoms with Crippen LogP contribution in [0.2, 0.25) is 0 Å². The molecular weight excluding hydrogens is 330 g/mol. The maximum absolute atomic E-state index is 13.2. The second-order valence-corrected chi connectivity index (χ2v) is 7.53. The molecule has 3 heterocycles. The fraction of sp³-hybridized carbons (Fsp3) is 0.524. The van der Waals surface area contributed by atoms with E-state index in [1.54, 1.807) is 4.90 Å². The number of benzene rings is 1. The van der Waals surface area contributed by atoms with Gasteiger partial charge in [0.2, 0.25) is 5.91 Å². The third kappa shape index (κ3) is 2.65. The number of esters is 1. The minimum absolute atomic E-state index is 0.0452. The van der Waals surface area contributed by atoms with E-state index >= 15 is 0 Å². The lowest BCUT2D eigenvalue weighted by Gasteiger charge is -2.22. The highest BCUT2D eigenvalue weighted by molar-refractivity contribution is 6.02. The first-order valence-electron chi connectivity index (χ1n) is 9.47. The predicted octanol–water partition coefficient (Wildman–Crippen LogP) is 3.01. The molecule has 4 rings (SSSR count). The van der Waals surface area contributed by atoms with Crippen LogP contribution in [-0.4, -0.2) is 36.7 Å². The summed E-state index contributed by atoms with van der Waals surface area (Å²) in [6.45, 7) is 4.99. The van der Waals surface area contributed by atoms with E-state index in [-0.39, 0.29) is 18.0 Å². The van der Waals surface area contributed by atoms with Crippen molar-refractivity contribution in [1.82, 2.24) is 0 Å². The zero-order valence-corrected chi connectivity index (χ0v) is 15.3. The van der Waals surface area contributed by atoms with E-state index in [1.165, 1.54) is 0 Å². The molecule has 3 aliphatic heterocycles. The van der Waals surface area contributed by atoms with Gasteiger partial charge in [0.25, 0.3) is 0 Å². The van der Waals surface area contributed by atoms with Crippen molar-refractivity contribution in [3.8, 4) is 0 Å². The Hall–Kier alpha value is -2.14. The number of amides is 1. The van der Waals surface area contributed by atoms with Crippen LogP contribution < -0.4 is 4.90 Å². The molecule has 0 N–H and O–H groups in total. The SMILES string of the molecule is CCCCCOC(=O)[C@H]1[C@@H]2C=C[C@]3(CN(c4ccc(C)cc4)C(=O)[C@@H]13)O2. The average Bonchev–Trinajstić information content (AvgIpc) is 3.28. The number of hydrogen-bond acceptors (Lipinski definition) is 4. The van der Waals surface area contributed by atoms with Gasteiger partial charge in [-0.2, -0.15) is 0 Å². The van der Waals surface area contributed by atoms with Gasteiger partial charge in [-0.05, 0) is 25.5 Å². The number of carbonyl (C=O) groups is 2. The van der Waals surface area contributed by atoms with Crippen LogP contribution in [0, 0.1) is 18.8 Å². The zero-order valence-electron chi connectivity index (χ0n) is 15.3. The molecule has 0 aliphatic carbocycles. The van der Waals surface area contributed by atoms with E-state index in [0.29, 0.717) is 13.2 Å². The number of unbranched alkanes of at least 4 members (excludes halogenated alkanes) is 2. The van der Waals surface area contributed by atoms with Crippen molar-refractivity contribution in [1.29, 1.82) is 0 Å². The van der Waals surface area contributed by atoms with Crippen LogP contribution in [0.4, 0.5) is 5.69 Å². The smallest absolute Gasteiger partial charge is 0.312 e. The number of anilines is 1. The Balaban J connectivity index is 1.53. The van der Waals surface area contributed by atoms with Crippen LogP contribution in [-0.2, 0) is 19.1 Å². The Bertz CT molecular complexity index is 741. The summed E-state index contributed by atoms with van der Waals surface area (Å²) in [5, 5.41) is 0. The van der Waals surface area contributed by atoms with Crippen LogP contribution in [0.3, 0.4) is 0 Å². The molecule has 1 aromatic carbocycles. The monoisotopic (exact) mass is 355 g/mol. The Morgan fingerprint density at radius 2 is 2.08 bits per heavy atom. The quantitative estimate of drug-likeness (QED) is 0.447. The summed E-state index contributed by atoms with van der Waals surface area (Å²) in [7, 11) is 0. The van der Waals surface area contributed by atoms with E-state index in [1.807, 2.05) is 43.3 Å². The van der Waals surface area contributed by atoms with Gasteiger partial charge < -0.3 is 14.4 Å². The predicted molar refractivity (Wildman–Crippen MR) is 97.7 cm³/mol. The van der Waals surface area contributed by atoms with Gasteiger partial charge in [-0.15, -0.1) is 0 Å². The van der Waals surface area contributed by atoms with Crippen LogP contribution >= 0.6 is 0 Å². The van der Waals surface area contributed by atoms with Gasteiger partial charge in [-0.25, -0.2) is 0 Å². The minimum atomic E-state index is -0.695. The number of aryl methyl sites for hydroxylation is 1. The molecule has 0 saturated carbocycles. The normalized spacial score (nSPS) is 31.5. The van der Waals surface area contributed by atoms with Crippen LogP contribution in [0.25, 0.3) is 0 Å². The average molecular weight is 355 g/mol. The fourth-order valence-corrected chi connectivity index (χ4v) is 4.33. The van der Waals surface area contributed by atoms with E-state index in [9.17, 15) is 9.59 Å². The van der Waals surface area contributed by atoms with E-state index < -0.39 is 17.4 Å². The number of hydrogen-bond donors (Lipinski definition) is 0. The first kappa shape index (κ1) is 17.3. The Morgan fingerprint density at radius 1 is 1.31 bits per heavy atom. The second kappa shape index (κ2) is 6.54. The fourth-order valence-electron chi connectivity index (χ4n) is 4.33. The van der Waals surface area contributed by atoms with E-state index in [2.05, 4.69) is 6.92 Å². The molecule has 5 nitrogen and oxygen atoms in total. The van der Waals surface area contributed by atoms with Gasteiger partial charge in [0.1, 0.15) is 11.5 Å². The molecular formula is C21H25NO4. The van der Waals surface area contributed by atoms with Gasteiger partial charge >= 0.3 is 5.97 Å². The number of rotatable bonds is 6. The summed E-state index contributed by atoms with van der Waals surface area (Å²) < 4.78 is 11.6. The Labute approximate surface area is 154 Å².